The number of nitrogens with one attached hydrogen (secondary N) is 3. The van der Waals surface area contributed by atoms with Crippen molar-refractivity contribution in [2.24, 2.45) is 4.99 Å². The van der Waals surface area contributed by atoms with Crippen molar-refractivity contribution in [1.82, 2.24) is 20.5 Å². The van der Waals surface area contributed by atoms with Gasteiger partial charge in [-0.1, -0.05) is 19.9 Å². The van der Waals surface area contributed by atoms with Crippen LogP contribution in [0.25, 0.3) is 0 Å². The molecule has 0 spiro atoms. The fourth-order valence-electron chi connectivity index (χ4n) is 2.87. The number of pyridine rings is 1. The van der Waals surface area contributed by atoms with Gasteiger partial charge in [0.2, 0.25) is 5.91 Å². The molecule has 0 aromatic carbocycles. The molecule has 1 atom stereocenters. The lowest BCUT2D eigenvalue weighted by molar-refractivity contribution is -0.116. The van der Waals surface area contributed by atoms with Crippen LogP contribution in [0.5, 0.6) is 0 Å². The van der Waals surface area contributed by atoms with Gasteiger partial charge in [-0.25, -0.2) is 4.98 Å². The molecule has 0 aliphatic heterocycles. The number of nitrogens with zero attached hydrogens (tertiary/aromatic N) is 3. The Morgan fingerprint density at radius 1 is 1.25 bits per heavy atom. The summed E-state index contributed by atoms with van der Waals surface area (Å²) in [5.41, 5.74) is 0.879. The molecule has 28 heavy (non-hydrogen) atoms. The highest BCUT2D eigenvalue weighted by Crippen LogP contribution is 2.04. The molecule has 0 aliphatic rings. The van der Waals surface area contributed by atoms with Crippen molar-refractivity contribution >= 4 is 17.7 Å². The third-order valence-electron chi connectivity index (χ3n) is 4.50. The quantitative estimate of drug-likeness (QED) is 0.378. The van der Waals surface area contributed by atoms with Crippen LogP contribution < -0.4 is 16.0 Å². The van der Waals surface area contributed by atoms with Crippen molar-refractivity contribution in [2.75, 3.05) is 38.0 Å². The van der Waals surface area contributed by atoms with E-state index >= 15 is 0 Å². The molecule has 158 valence electrons. The molecule has 0 fully saturated rings. The van der Waals surface area contributed by atoms with E-state index in [0.29, 0.717) is 24.8 Å². The zero-order chi connectivity index (χ0) is 20.8. The Morgan fingerprint density at radius 3 is 2.64 bits per heavy atom. The summed E-state index contributed by atoms with van der Waals surface area (Å²) >= 11 is 0. The second-order valence-electron chi connectivity index (χ2n) is 6.94. The van der Waals surface area contributed by atoms with Gasteiger partial charge in [-0.2, -0.15) is 0 Å². The van der Waals surface area contributed by atoms with E-state index in [-0.39, 0.29) is 5.91 Å². The van der Waals surface area contributed by atoms with Gasteiger partial charge in [0.25, 0.3) is 0 Å². The molecule has 1 heterocycles. The smallest absolute Gasteiger partial charge is 0.227 e. The predicted molar refractivity (Wildman–Crippen MR) is 118 cm³/mol. The molecule has 7 heteroatoms. The van der Waals surface area contributed by atoms with Crippen LogP contribution in [0, 0.1) is 6.92 Å². The summed E-state index contributed by atoms with van der Waals surface area (Å²) in [6.45, 7) is 15.1. The molecule has 0 saturated carbocycles. The van der Waals surface area contributed by atoms with Crippen molar-refractivity contribution in [2.45, 2.75) is 59.9 Å². The maximum Gasteiger partial charge on any atom is 0.227 e. The first-order chi connectivity index (χ1) is 13.5. The average molecular weight is 391 g/mol. The largest absolute Gasteiger partial charge is 0.357 e. The fraction of sp³-hybridized carbons (Fsp3) is 0.667. The van der Waals surface area contributed by atoms with Gasteiger partial charge in [0.05, 0.1) is 6.54 Å². The van der Waals surface area contributed by atoms with E-state index in [0.717, 1.165) is 50.7 Å². The first kappa shape index (κ1) is 23.9. The van der Waals surface area contributed by atoms with Crippen LogP contribution in [0.4, 0.5) is 5.82 Å². The van der Waals surface area contributed by atoms with Crippen LogP contribution >= 0.6 is 0 Å². The standard InChI is InChI=1S/C21H38N6O/c1-6-22-21(25-18(5)12-10-16-27(7-2)8-3)23-15-14-20(28)26-19-13-9-11-17(4)24-19/h9,11,13,18H,6-8,10,12,14-16H2,1-5H3,(H2,22,23,25)(H,24,26,28). The summed E-state index contributed by atoms with van der Waals surface area (Å²) in [5.74, 6) is 1.27. The Bertz CT molecular complexity index is 600. The Labute approximate surface area is 170 Å². The molecule has 1 aromatic rings. The zero-order valence-corrected chi connectivity index (χ0v) is 18.2. The van der Waals surface area contributed by atoms with Gasteiger partial charge in [-0.15, -0.1) is 0 Å². The minimum absolute atomic E-state index is 0.0787. The van der Waals surface area contributed by atoms with Crippen LogP contribution in [0.2, 0.25) is 0 Å². The summed E-state index contributed by atoms with van der Waals surface area (Å²) < 4.78 is 0. The number of hydrogen-bond donors (Lipinski definition) is 3. The van der Waals surface area contributed by atoms with Crippen LogP contribution in [-0.4, -0.2) is 60.5 Å². The Balaban J connectivity index is 2.40. The minimum Gasteiger partial charge on any atom is -0.357 e. The molecule has 0 saturated heterocycles. The van der Waals surface area contributed by atoms with Gasteiger partial charge in [0.15, 0.2) is 5.96 Å². The number of guanidine groups is 1. The minimum atomic E-state index is -0.0787. The van der Waals surface area contributed by atoms with E-state index < -0.39 is 0 Å². The van der Waals surface area contributed by atoms with Crippen molar-refractivity contribution < 1.29 is 4.79 Å². The highest BCUT2D eigenvalue weighted by molar-refractivity contribution is 5.90. The highest BCUT2D eigenvalue weighted by Gasteiger charge is 2.07. The van der Waals surface area contributed by atoms with Gasteiger partial charge in [0, 0.05) is 24.7 Å². The number of rotatable bonds is 12. The van der Waals surface area contributed by atoms with E-state index in [1.807, 2.05) is 26.0 Å². The van der Waals surface area contributed by atoms with E-state index in [1.54, 1.807) is 6.07 Å². The van der Waals surface area contributed by atoms with Crippen molar-refractivity contribution in [1.29, 1.82) is 0 Å². The first-order valence-corrected chi connectivity index (χ1v) is 10.5. The summed E-state index contributed by atoms with van der Waals surface area (Å²) in [7, 11) is 0. The predicted octanol–water partition coefficient (Wildman–Crippen LogP) is 2.78. The SMILES string of the molecule is CCNC(=NCCC(=O)Nc1cccc(C)n1)NC(C)CCCN(CC)CC. The van der Waals surface area contributed by atoms with Gasteiger partial charge in [-0.05, 0) is 65.4 Å². The molecule has 3 N–H and O–H groups in total. The molecule has 7 nitrogen and oxygen atoms in total. The lowest BCUT2D eigenvalue weighted by Crippen LogP contribution is -2.42. The molecule has 1 rings (SSSR count). The summed E-state index contributed by atoms with van der Waals surface area (Å²) in [6.07, 6.45) is 2.56. The number of aliphatic imine (C=N–C) groups is 1. The Morgan fingerprint density at radius 2 is 2.00 bits per heavy atom. The molecule has 0 bridgehead atoms. The summed E-state index contributed by atoms with van der Waals surface area (Å²) in [4.78, 5) is 23.3. The molecule has 0 radical (unpaired) electrons. The van der Waals surface area contributed by atoms with Crippen LogP contribution in [0.3, 0.4) is 0 Å². The normalized spacial score (nSPS) is 12.7. The summed E-state index contributed by atoms with van der Waals surface area (Å²) in [6, 6.07) is 5.90. The molecule has 0 aliphatic carbocycles. The number of hydrogen-bond acceptors (Lipinski definition) is 4. The first-order valence-electron chi connectivity index (χ1n) is 10.5. The topological polar surface area (TPSA) is 81.6 Å². The maximum absolute atomic E-state index is 12.1. The Hall–Kier alpha value is -2.15. The molecule has 1 amide bonds. The number of carbonyl (C=O) groups excluding carboxylic acids is 1. The van der Waals surface area contributed by atoms with E-state index in [4.69, 9.17) is 0 Å². The second-order valence-corrected chi connectivity index (χ2v) is 6.94. The van der Waals surface area contributed by atoms with Crippen molar-refractivity contribution in [3.05, 3.63) is 23.9 Å². The monoisotopic (exact) mass is 390 g/mol. The van der Waals surface area contributed by atoms with Crippen LogP contribution in [-0.2, 0) is 4.79 Å². The van der Waals surface area contributed by atoms with E-state index in [1.165, 1.54) is 0 Å². The third kappa shape index (κ3) is 10.3. The average Bonchev–Trinajstić information content (AvgIpc) is 2.65. The summed E-state index contributed by atoms with van der Waals surface area (Å²) in [5, 5.41) is 9.50. The number of carbonyl (C=O) groups is 1. The molecule has 1 unspecified atom stereocenters. The molecular weight excluding hydrogens is 352 g/mol. The molecular formula is C21H38N6O. The highest BCUT2D eigenvalue weighted by atomic mass is 16.1. The van der Waals surface area contributed by atoms with Gasteiger partial charge >= 0.3 is 0 Å². The number of aryl methyl sites for hydroxylation is 1. The number of amides is 1. The van der Waals surface area contributed by atoms with Gasteiger partial charge in [0.1, 0.15) is 5.82 Å². The van der Waals surface area contributed by atoms with Crippen molar-refractivity contribution in [3.63, 3.8) is 0 Å². The van der Waals surface area contributed by atoms with Crippen LogP contribution in [0.1, 0.15) is 52.7 Å². The molecule has 1 aromatic heterocycles. The second kappa shape index (κ2) is 13.9. The van der Waals surface area contributed by atoms with Gasteiger partial charge in [-0.3, -0.25) is 9.79 Å². The fourth-order valence-corrected chi connectivity index (χ4v) is 2.87. The van der Waals surface area contributed by atoms with E-state index in [2.05, 4.69) is 51.6 Å². The van der Waals surface area contributed by atoms with Gasteiger partial charge < -0.3 is 20.9 Å². The van der Waals surface area contributed by atoms with E-state index in [9.17, 15) is 4.79 Å². The Kier molecular flexibility index (Phi) is 11.9. The number of aromatic nitrogens is 1. The van der Waals surface area contributed by atoms with Crippen LogP contribution in [0.15, 0.2) is 23.2 Å². The third-order valence-corrected chi connectivity index (χ3v) is 4.50. The van der Waals surface area contributed by atoms with Crippen molar-refractivity contribution in [3.8, 4) is 0 Å². The maximum atomic E-state index is 12.1. The number of anilines is 1. The lowest BCUT2D eigenvalue weighted by Gasteiger charge is -2.21. The zero-order valence-electron chi connectivity index (χ0n) is 18.2. The lowest BCUT2D eigenvalue weighted by atomic mass is 10.2.